The third-order valence-electron chi connectivity index (χ3n) is 3.79. The molecule has 2 N–H and O–H groups in total. The molecular weight excluding hydrogens is 269 g/mol. The van der Waals surface area contributed by atoms with Crippen molar-refractivity contribution in [2.24, 2.45) is 0 Å². The summed E-state index contributed by atoms with van der Waals surface area (Å²) in [7, 11) is 0. The van der Waals surface area contributed by atoms with Crippen molar-refractivity contribution < 1.29 is 9.18 Å². The van der Waals surface area contributed by atoms with Gasteiger partial charge in [0.2, 0.25) is 5.91 Å². The Morgan fingerprint density at radius 2 is 2.29 bits per heavy atom. The second-order valence-electron chi connectivity index (χ2n) is 5.50. The molecule has 4 nitrogen and oxygen atoms in total. The molecule has 1 aromatic rings. The van der Waals surface area contributed by atoms with Gasteiger partial charge in [-0.3, -0.25) is 9.69 Å². The van der Waals surface area contributed by atoms with Crippen molar-refractivity contribution in [2.45, 2.75) is 32.2 Å². The topological polar surface area (TPSA) is 44.4 Å². The van der Waals surface area contributed by atoms with E-state index in [0.29, 0.717) is 12.6 Å². The Kier molecular flexibility index (Phi) is 6.14. The van der Waals surface area contributed by atoms with Crippen LogP contribution in [0.2, 0.25) is 0 Å². The molecule has 1 amide bonds. The smallest absolute Gasteiger partial charge is 0.238 e. The zero-order valence-electron chi connectivity index (χ0n) is 12.6. The van der Waals surface area contributed by atoms with E-state index in [1.54, 1.807) is 18.2 Å². The first-order valence-electron chi connectivity index (χ1n) is 7.70. The van der Waals surface area contributed by atoms with Crippen molar-refractivity contribution in [3.05, 3.63) is 30.1 Å². The van der Waals surface area contributed by atoms with Crippen LogP contribution in [0.25, 0.3) is 0 Å². The highest BCUT2D eigenvalue weighted by Gasteiger charge is 2.22. The van der Waals surface area contributed by atoms with Crippen molar-refractivity contribution in [3.63, 3.8) is 0 Å². The van der Waals surface area contributed by atoms with E-state index < -0.39 is 5.82 Å². The van der Waals surface area contributed by atoms with Crippen LogP contribution in [-0.2, 0) is 4.79 Å². The Morgan fingerprint density at radius 1 is 1.48 bits per heavy atom. The van der Waals surface area contributed by atoms with Crippen LogP contribution in [0.1, 0.15) is 26.2 Å². The van der Waals surface area contributed by atoms with Crippen molar-refractivity contribution >= 4 is 11.6 Å². The molecule has 116 valence electrons. The monoisotopic (exact) mass is 293 g/mol. The number of anilines is 1. The normalized spacial score (nSPS) is 18.7. The van der Waals surface area contributed by atoms with Gasteiger partial charge in [0, 0.05) is 12.6 Å². The SMILES string of the molecule is CCCN(CC(=O)Nc1ccccc1F)C1CCCNC1. The minimum absolute atomic E-state index is 0.154. The van der Waals surface area contributed by atoms with E-state index in [2.05, 4.69) is 22.5 Å². The number of piperidine rings is 1. The predicted molar refractivity (Wildman–Crippen MR) is 82.8 cm³/mol. The molecule has 1 heterocycles. The molecule has 1 saturated heterocycles. The van der Waals surface area contributed by atoms with Crippen molar-refractivity contribution in [2.75, 3.05) is 31.5 Å². The van der Waals surface area contributed by atoms with Crippen LogP contribution in [0.3, 0.4) is 0 Å². The third-order valence-corrected chi connectivity index (χ3v) is 3.79. The van der Waals surface area contributed by atoms with Crippen LogP contribution in [0.5, 0.6) is 0 Å². The number of para-hydroxylation sites is 1. The summed E-state index contributed by atoms with van der Waals surface area (Å²) >= 11 is 0. The Morgan fingerprint density at radius 3 is 2.95 bits per heavy atom. The van der Waals surface area contributed by atoms with E-state index in [9.17, 15) is 9.18 Å². The van der Waals surface area contributed by atoms with Crippen LogP contribution in [-0.4, -0.2) is 43.0 Å². The molecule has 1 aliphatic heterocycles. The fourth-order valence-corrected chi connectivity index (χ4v) is 2.76. The van der Waals surface area contributed by atoms with Crippen LogP contribution < -0.4 is 10.6 Å². The molecule has 1 unspecified atom stereocenters. The number of rotatable bonds is 6. The minimum Gasteiger partial charge on any atom is -0.322 e. The van der Waals surface area contributed by atoms with Crippen molar-refractivity contribution in [1.29, 1.82) is 0 Å². The highest BCUT2D eigenvalue weighted by atomic mass is 19.1. The van der Waals surface area contributed by atoms with E-state index in [0.717, 1.165) is 38.9 Å². The first kappa shape index (κ1) is 15.9. The molecule has 0 aliphatic carbocycles. The number of nitrogens with one attached hydrogen (secondary N) is 2. The van der Waals surface area contributed by atoms with Crippen molar-refractivity contribution in [1.82, 2.24) is 10.2 Å². The maximum Gasteiger partial charge on any atom is 0.238 e. The number of carbonyl (C=O) groups is 1. The van der Waals surface area contributed by atoms with Crippen LogP contribution in [0, 0.1) is 5.82 Å². The van der Waals surface area contributed by atoms with Gasteiger partial charge in [0.15, 0.2) is 0 Å². The molecule has 5 heteroatoms. The molecule has 0 spiro atoms. The van der Waals surface area contributed by atoms with Crippen LogP contribution in [0.4, 0.5) is 10.1 Å². The largest absolute Gasteiger partial charge is 0.322 e. The molecule has 21 heavy (non-hydrogen) atoms. The van der Waals surface area contributed by atoms with Gasteiger partial charge >= 0.3 is 0 Å². The van der Waals surface area contributed by atoms with E-state index in [-0.39, 0.29) is 11.6 Å². The van der Waals surface area contributed by atoms with E-state index in [4.69, 9.17) is 0 Å². The fraction of sp³-hybridized carbons (Fsp3) is 0.562. The first-order chi connectivity index (χ1) is 10.2. The highest BCUT2D eigenvalue weighted by molar-refractivity contribution is 5.92. The summed E-state index contributed by atoms with van der Waals surface area (Å²) in [5.41, 5.74) is 0.251. The molecule has 0 bridgehead atoms. The molecule has 0 saturated carbocycles. The van der Waals surface area contributed by atoms with Crippen LogP contribution in [0.15, 0.2) is 24.3 Å². The van der Waals surface area contributed by atoms with Gasteiger partial charge in [-0.05, 0) is 44.5 Å². The van der Waals surface area contributed by atoms with E-state index >= 15 is 0 Å². The number of amides is 1. The summed E-state index contributed by atoms with van der Waals surface area (Å²) in [5.74, 6) is -0.550. The van der Waals surface area contributed by atoms with Gasteiger partial charge in [-0.2, -0.15) is 0 Å². The number of hydrogen-bond donors (Lipinski definition) is 2. The lowest BCUT2D eigenvalue weighted by Gasteiger charge is -2.34. The van der Waals surface area contributed by atoms with Gasteiger partial charge in [0.25, 0.3) is 0 Å². The number of halogens is 1. The second-order valence-corrected chi connectivity index (χ2v) is 5.50. The Bertz CT molecular complexity index is 461. The third kappa shape index (κ3) is 4.79. The van der Waals surface area contributed by atoms with Gasteiger partial charge in [-0.25, -0.2) is 4.39 Å². The molecule has 2 rings (SSSR count). The highest BCUT2D eigenvalue weighted by Crippen LogP contribution is 2.14. The molecule has 0 aromatic heterocycles. The first-order valence-corrected chi connectivity index (χ1v) is 7.70. The summed E-state index contributed by atoms with van der Waals surface area (Å²) in [4.78, 5) is 14.3. The Balaban J connectivity index is 1.93. The fourth-order valence-electron chi connectivity index (χ4n) is 2.76. The molecular formula is C16H24FN3O. The number of hydrogen-bond acceptors (Lipinski definition) is 3. The average Bonchev–Trinajstić information content (AvgIpc) is 2.50. The van der Waals surface area contributed by atoms with Gasteiger partial charge in [0.1, 0.15) is 5.82 Å². The van der Waals surface area contributed by atoms with E-state index in [1.165, 1.54) is 6.07 Å². The molecule has 0 radical (unpaired) electrons. The average molecular weight is 293 g/mol. The molecule has 1 atom stereocenters. The molecule has 1 aromatic carbocycles. The Labute approximate surface area is 125 Å². The van der Waals surface area contributed by atoms with Crippen LogP contribution >= 0.6 is 0 Å². The zero-order chi connectivity index (χ0) is 15.1. The van der Waals surface area contributed by atoms with E-state index in [1.807, 2.05) is 0 Å². The summed E-state index contributed by atoms with van der Waals surface area (Å²) in [6.07, 6.45) is 3.25. The summed E-state index contributed by atoms with van der Waals surface area (Å²) < 4.78 is 13.6. The second kappa shape index (κ2) is 8.10. The maximum atomic E-state index is 13.6. The Hall–Kier alpha value is -1.46. The lowest BCUT2D eigenvalue weighted by atomic mass is 10.1. The summed E-state index contributed by atoms with van der Waals surface area (Å²) in [6.45, 7) is 5.29. The maximum absolute atomic E-state index is 13.6. The lowest BCUT2D eigenvalue weighted by Crippen LogP contribution is -2.48. The van der Waals surface area contributed by atoms with Crippen molar-refractivity contribution in [3.8, 4) is 0 Å². The molecule has 1 fully saturated rings. The quantitative estimate of drug-likeness (QED) is 0.845. The zero-order valence-corrected chi connectivity index (χ0v) is 12.6. The number of nitrogens with zero attached hydrogens (tertiary/aromatic N) is 1. The number of carbonyl (C=O) groups excluding carboxylic acids is 1. The van der Waals surface area contributed by atoms with Gasteiger partial charge in [-0.1, -0.05) is 19.1 Å². The minimum atomic E-state index is -0.396. The predicted octanol–water partition coefficient (Wildman–Crippen LogP) is 2.23. The summed E-state index contributed by atoms with van der Waals surface area (Å²) in [6, 6.07) is 6.66. The lowest BCUT2D eigenvalue weighted by molar-refractivity contribution is -0.118. The van der Waals surface area contributed by atoms with Gasteiger partial charge in [-0.15, -0.1) is 0 Å². The number of benzene rings is 1. The van der Waals surface area contributed by atoms with Gasteiger partial charge < -0.3 is 10.6 Å². The summed E-state index contributed by atoms with van der Waals surface area (Å²) in [5, 5.41) is 6.03. The molecule has 1 aliphatic rings. The van der Waals surface area contributed by atoms with Gasteiger partial charge in [0.05, 0.1) is 12.2 Å². The standard InChI is InChI=1S/C16H24FN3O/c1-2-10-20(13-6-5-9-18-11-13)12-16(21)19-15-8-4-3-7-14(15)17/h3-4,7-8,13,18H,2,5-6,9-12H2,1H3,(H,19,21).